The number of hydrogen-bond acceptors (Lipinski definition) is 5. The average Bonchev–Trinajstić information content (AvgIpc) is 3.24. The van der Waals surface area contributed by atoms with Crippen LogP contribution >= 0.6 is 50.7 Å². The molecule has 1 saturated carbocycles. The summed E-state index contributed by atoms with van der Waals surface area (Å²) in [6.45, 7) is 0.131. The van der Waals surface area contributed by atoms with Crippen molar-refractivity contribution in [3.63, 3.8) is 0 Å². The highest BCUT2D eigenvalue weighted by Gasteiger charge is 2.76. The van der Waals surface area contributed by atoms with Crippen LogP contribution in [0.5, 0.6) is 5.75 Å². The summed E-state index contributed by atoms with van der Waals surface area (Å²) in [5.41, 5.74) is 1.52. The minimum absolute atomic E-state index is 0.116. The fourth-order valence-electron chi connectivity index (χ4n) is 6.84. The van der Waals surface area contributed by atoms with Crippen LogP contribution in [-0.2, 0) is 25.7 Å². The molecule has 0 spiro atoms. The van der Waals surface area contributed by atoms with Crippen molar-refractivity contribution >= 4 is 74.4 Å². The maximum Gasteiger partial charge on any atom is 0.254 e. The van der Waals surface area contributed by atoms with Gasteiger partial charge in [-0.05, 0) is 42.5 Å². The molecule has 202 valence electrons. The zero-order valence-electron chi connectivity index (χ0n) is 20.3. The molecule has 2 saturated heterocycles. The Kier molecular flexibility index (Phi) is 6.42. The van der Waals surface area contributed by atoms with Crippen LogP contribution < -0.4 is 0 Å². The smallest absolute Gasteiger partial charge is 0.254 e. The number of phenolic OH excluding ortho intramolecular Hbond substituents is 1. The third-order valence-electron chi connectivity index (χ3n) is 8.59. The molecule has 2 heterocycles. The minimum atomic E-state index is -1.99. The highest BCUT2D eigenvalue weighted by molar-refractivity contribution is 9.09. The van der Waals surface area contributed by atoms with Crippen molar-refractivity contribution in [1.82, 2.24) is 9.80 Å². The number of phenols is 1. The van der Waals surface area contributed by atoms with Crippen molar-refractivity contribution in [3.05, 3.63) is 76.3 Å². The zero-order chi connectivity index (χ0) is 27.9. The van der Waals surface area contributed by atoms with Crippen LogP contribution in [0.3, 0.4) is 0 Å². The summed E-state index contributed by atoms with van der Waals surface area (Å²) in [7, 11) is 0. The Hall–Kier alpha value is -2.39. The van der Waals surface area contributed by atoms with Gasteiger partial charge in [0.15, 0.2) is 9.75 Å². The molecule has 2 aliphatic carbocycles. The molecule has 0 unspecified atom stereocenters. The van der Waals surface area contributed by atoms with E-state index in [9.17, 15) is 24.3 Å². The lowest BCUT2D eigenvalue weighted by molar-refractivity contribution is -0.141. The molecule has 7 nitrogen and oxygen atoms in total. The number of benzene rings is 2. The Bertz CT molecular complexity index is 1470. The SMILES string of the molecule is O=C1[C@H]2[C@H](CC=C3[C@H]2C[C@@]2(Cl)C(=O)N(CBr)C(=O)[C@@]2(Cl)[C@H]3c2cc(Cl)ccc2O)C(=O)N1Cc1ccccc1. The van der Waals surface area contributed by atoms with Gasteiger partial charge in [-0.1, -0.05) is 69.5 Å². The van der Waals surface area contributed by atoms with Gasteiger partial charge in [0.2, 0.25) is 11.8 Å². The zero-order valence-corrected chi connectivity index (χ0v) is 24.2. The number of allylic oxidation sites excluding steroid dienone is 2. The van der Waals surface area contributed by atoms with Gasteiger partial charge in [-0.15, -0.1) is 23.2 Å². The predicted molar refractivity (Wildman–Crippen MR) is 148 cm³/mol. The first-order chi connectivity index (χ1) is 18.5. The van der Waals surface area contributed by atoms with Crippen LogP contribution in [0.15, 0.2) is 60.2 Å². The highest BCUT2D eigenvalue weighted by Crippen LogP contribution is 2.66. The number of aromatic hydroxyl groups is 1. The Balaban J connectivity index is 1.50. The minimum Gasteiger partial charge on any atom is -0.508 e. The van der Waals surface area contributed by atoms with Crippen LogP contribution in [0, 0.1) is 17.8 Å². The summed E-state index contributed by atoms with van der Waals surface area (Å²) in [4.78, 5) is 53.1. The number of nitrogens with zero attached hydrogens (tertiary/aromatic N) is 2. The van der Waals surface area contributed by atoms with Crippen LogP contribution in [0.25, 0.3) is 0 Å². The third kappa shape index (κ3) is 3.61. The van der Waals surface area contributed by atoms with Gasteiger partial charge >= 0.3 is 0 Å². The van der Waals surface area contributed by atoms with Gasteiger partial charge < -0.3 is 5.11 Å². The molecular weight excluding hydrogens is 631 g/mol. The molecule has 1 N–H and O–H groups in total. The van der Waals surface area contributed by atoms with Gasteiger partial charge in [0.05, 0.1) is 23.8 Å². The van der Waals surface area contributed by atoms with E-state index in [0.29, 0.717) is 5.57 Å². The van der Waals surface area contributed by atoms with Crippen LogP contribution in [-0.4, -0.2) is 53.7 Å². The second kappa shape index (κ2) is 9.33. The Morgan fingerprint density at radius 2 is 1.67 bits per heavy atom. The molecule has 11 heteroatoms. The fourth-order valence-corrected chi connectivity index (χ4v) is 8.44. The van der Waals surface area contributed by atoms with E-state index in [1.54, 1.807) is 0 Å². The van der Waals surface area contributed by atoms with Crippen molar-refractivity contribution < 1.29 is 24.3 Å². The molecule has 6 atom stereocenters. The monoisotopic (exact) mass is 650 g/mol. The Morgan fingerprint density at radius 3 is 2.36 bits per heavy atom. The van der Waals surface area contributed by atoms with Crippen molar-refractivity contribution in [2.75, 3.05) is 5.45 Å². The van der Waals surface area contributed by atoms with Gasteiger partial charge in [-0.2, -0.15) is 0 Å². The van der Waals surface area contributed by atoms with Crippen molar-refractivity contribution in [2.24, 2.45) is 17.8 Å². The maximum absolute atomic E-state index is 13.9. The van der Waals surface area contributed by atoms with Gasteiger partial charge in [-0.25, -0.2) is 0 Å². The van der Waals surface area contributed by atoms with Gasteiger partial charge in [-0.3, -0.25) is 29.0 Å². The number of amides is 4. The molecule has 0 aromatic heterocycles. The van der Waals surface area contributed by atoms with Crippen molar-refractivity contribution in [3.8, 4) is 5.75 Å². The summed E-state index contributed by atoms with van der Waals surface area (Å²) in [5.74, 6) is -5.36. The second-order valence-electron chi connectivity index (χ2n) is 10.4. The van der Waals surface area contributed by atoms with E-state index in [1.165, 1.54) is 23.1 Å². The van der Waals surface area contributed by atoms with E-state index < -0.39 is 45.2 Å². The molecule has 39 heavy (non-hydrogen) atoms. The van der Waals surface area contributed by atoms with Crippen LogP contribution in [0.4, 0.5) is 0 Å². The number of likely N-dealkylation sites (tertiary alicyclic amines) is 2. The first-order valence-corrected chi connectivity index (χ1v) is 14.7. The van der Waals surface area contributed by atoms with E-state index in [0.717, 1.165) is 10.5 Å². The van der Waals surface area contributed by atoms with E-state index in [4.69, 9.17) is 34.8 Å². The predicted octanol–water partition coefficient (Wildman–Crippen LogP) is 4.96. The molecule has 0 radical (unpaired) electrons. The lowest BCUT2D eigenvalue weighted by Gasteiger charge is -2.50. The number of halogens is 4. The molecule has 2 aliphatic heterocycles. The van der Waals surface area contributed by atoms with Crippen LogP contribution in [0.2, 0.25) is 5.02 Å². The Morgan fingerprint density at radius 1 is 0.949 bits per heavy atom. The molecule has 4 aliphatic rings. The number of carbonyl (C=O) groups excluding carboxylic acids is 4. The molecular formula is C28H22BrCl3N2O5. The molecule has 4 amide bonds. The summed E-state index contributed by atoms with van der Waals surface area (Å²) >= 11 is 23.8. The van der Waals surface area contributed by atoms with E-state index in [2.05, 4.69) is 15.9 Å². The van der Waals surface area contributed by atoms with Crippen molar-refractivity contribution in [1.29, 1.82) is 0 Å². The number of fused-ring (bicyclic) bond motifs is 4. The highest BCUT2D eigenvalue weighted by atomic mass is 79.9. The Labute approximate surface area is 247 Å². The number of alkyl halides is 3. The van der Waals surface area contributed by atoms with E-state index in [1.807, 2.05) is 36.4 Å². The molecule has 3 fully saturated rings. The number of rotatable bonds is 4. The fraction of sp³-hybridized carbons (Fsp3) is 0.357. The normalized spacial score (nSPS) is 33.7. The molecule has 0 bridgehead atoms. The van der Waals surface area contributed by atoms with Gasteiger partial charge in [0.25, 0.3) is 11.8 Å². The molecule has 2 aromatic rings. The number of imide groups is 2. The van der Waals surface area contributed by atoms with E-state index in [-0.39, 0.29) is 53.0 Å². The molecule has 2 aromatic carbocycles. The lowest BCUT2D eigenvalue weighted by Crippen LogP contribution is -2.60. The topological polar surface area (TPSA) is 95.0 Å². The van der Waals surface area contributed by atoms with Crippen LogP contribution in [0.1, 0.15) is 29.9 Å². The number of carbonyl (C=O) groups is 4. The maximum atomic E-state index is 13.9. The summed E-state index contributed by atoms with van der Waals surface area (Å²) in [5, 5.41) is 11.2. The van der Waals surface area contributed by atoms with Gasteiger partial charge in [0, 0.05) is 16.5 Å². The summed E-state index contributed by atoms with van der Waals surface area (Å²) in [6, 6.07) is 13.6. The first-order valence-electron chi connectivity index (χ1n) is 12.4. The van der Waals surface area contributed by atoms with Gasteiger partial charge in [0.1, 0.15) is 5.75 Å². The largest absolute Gasteiger partial charge is 0.508 e. The average molecular weight is 653 g/mol. The number of hydrogen-bond donors (Lipinski definition) is 1. The summed E-state index contributed by atoms with van der Waals surface area (Å²) < 4.78 is 0. The molecule has 6 rings (SSSR count). The summed E-state index contributed by atoms with van der Waals surface area (Å²) in [6.07, 6.45) is 1.95. The third-order valence-corrected chi connectivity index (χ3v) is 10.7. The second-order valence-corrected chi connectivity index (χ2v) is 12.6. The standard InChI is InChI=1S/C28H22BrCl3N2O5/c29-13-34-25(38)27(31)11-19-16(22(28(27,32)26(34)39)18-10-15(30)6-9-20(18)35)7-8-17-21(19)24(37)33(23(17)36)12-14-4-2-1-3-5-14/h1-7,9-10,17,19,21-22,35H,8,11-13H2/t17-,19+,21-,22+,27+,28-/m0/s1. The van der Waals surface area contributed by atoms with Crippen molar-refractivity contribution in [2.45, 2.75) is 35.1 Å². The van der Waals surface area contributed by atoms with E-state index >= 15 is 0 Å². The lowest BCUT2D eigenvalue weighted by atomic mass is 9.56. The first kappa shape index (κ1) is 26.8. The quantitative estimate of drug-likeness (QED) is 0.218.